The molecule has 10 nitrogen and oxygen atoms in total. The van der Waals surface area contributed by atoms with Gasteiger partial charge in [-0.3, -0.25) is 5.32 Å². The van der Waals surface area contributed by atoms with Crippen LogP contribution in [0.1, 0.15) is 39.8 Å². The molecular weight excluding hydrogens is 500 g/mol. The maximum atomic E-state index is 12.2. The number of nitrogens with one attached hydrogen (secondary N) is 1. The molecule has 36 heavy (non-hydrogen) atoms. The van der Waals surface area contributed by atoms with Gasteiger partial charge in [-0.05, 0) is 44.4 Å². The van der Waals surface area contributed by atoms with E-state index in [1.54, 1.807) is 26.0 Å². The summed E-state index contributed by atoms with van der Waals surface area (Å²) in [5, 5.41) is 3.69. The Morgan fingerprint density at radius 2 is 1.92 bits per heavy atom. The highest BCUT2D eigenvalue weighted by atomic mass is 32.2. The molecular formula is C24H30N6O4S2. The number of fused-ring (bicyclic) bond motifs is 1. The number of sulfone groups is 1. The Bertz CT molecular complexity index is 1370. The first-order valence-corrected chi connectivity index (χ1v) is 14.3. The number of anilines is 4. The molecule has 192 valence electrons. The van der Waals surface area contributed by atoms with Crippen molar-refractivity contribution in [3.63, 3.8) is 0 Å². The lowest BCUT2D eigenvalue weighted by molar-refractivity contribution is 0.0531. The van der Waals surface area contributed by atoms with E-state index in [1.807, 2.05) is 31.1 Å². The van der Waals surface area contributed by atoms with Crippen LogP contribution < -0.4 is 15.1 Å². The first-order valence-electron chi connectivity index (χ1n) is 11.6. The zero-order chi connectivity index (χ0) is 26.0. The van der Waals surface area contributed by atoms with Crippen molar-refractivity contribution in [1.29, 1.82) is 0 Å². The summed E-state index contributed by atoms with van der Waals surface area (Å²) in [6, 6.07) is 6.96. The van der Waals surface area contributed by atoms with Gasteiger partial charge < -0.3 is 14.5 Å². The number of ether oxygens (including phenoxy) is 1. The average Bonchev–Trinajstić information content (AvgIpc) is 3.18. The van der Waals surface area contributed by atoms with E-state index < -0.39 is 15.8 Å². The van der Waals surface area contributed by atoms with E-state index in [1.165, 1.54) is 17.6 Å². The fourth-order valence-corrected chi connectivity index (χ4v) is 5.56. The van der Waals surface area contributed by atoms with Gasteiger partial charge in [0.1, 0.15) is 16.5 Å². The van der Waals surface area contributed by atoms with Crippen LogP contribution in [0.2, 0.25) is 0 Å². The topological polar surface area (TPSA) is 118 Å². The Morgan fingerprint density at radius 1 is 1.19 bits per heavy atom. The lowest BCUT2D eigenvalue weighted by Crippen LogP contribution is -2.31. The van der Waals surface area contributed by atoms with E-state index in [9.17, 15) is 13.2 Å². The number of hydrogen-bond acceptors (Lipinski definition) is 11. The Morgan fingerprint density at radius 3 is 2.56 bits per heavy atom. The largest absolute Gasteiger partial charge is 0.462 e. The van der Waals surface area contributed by atoms with Gasteiger partial charge in [-0.15, -0.1) is 0 Å². The third-order valence-electron chi connectivity index (χ3n) is 5.74. The highest BCUT2D eigenvalue weighted by Crippen LogP contribution is 2.35. The molecule has 0 amide bonds. The molecule has 2 aromatic heterocycles. The van der Waals surface area contributed by atoms with Gasteiger partial charge in [0.25, 0.3) is 0 Å². The molecule has 0 saturated carbocycles. The third-order valence-corrected chi connectivity index (χ3v) is 7.92. The van der Waals surface area contributed by atoms with Gasteiger partial charge in [-0.1, -0.05) is 23.5 Å². The second-order valence-electron chi connectivity index (χ2n) is 8.79. The predicted molar refractivity (Wildman–Crippen MR) is 141 cm³/mol. The quantitative estimate of drug-likeness (QED) is 0.433. The minimum atomic E-state index is -3.24. The summed E-state index contributed by atoms with van der Waals surface area (Å²) in [7, 11) is 0.648. The van der Waals surface area contributed by atoms with Crippen molar-refractivity contribution in [3.05, 3.63) is 46.0 Å². The van der Waals surface area contributed by atoms with Crippen molar-refractivity contribution < 1.29 is 17.9 Å². The van der Waals surface area contributed by atoms with Crippen molar-refractivity contribution >= 4 is 49.9 Å². The van der Waals surface area contributed by atoms with Crippen LogP contribution in [0, 0.1) is 6.92 Å². The third kappa shape index (κ3) is 5.59. The Hall–Kier alpha value is -3.25. The van der Waals surface area contributed by atoms with Crippen LogP contribution in [0.4, 0.5) is 22.7 Å². The number of aromatic nitrogens is 3. The molecule has 1 aliphatic heterocycles. The molecule has 0 radical (unpaired) electrons. The second kappa shape index (κ2) is 10.4. The molecule has 1 N–H and O–H groups in total. The highest BCUT2D eigenvalue weighted by Gasteiger charge is 2.25. The average molecular weight is 531 g/mol. The fraction of sp³-hybridized carbons (Fsp3) is 0.417. The van der Waals surface area contributed by atoms with Crippen LogP contribution in [0.15, 0.2) is 29.2 Å². The Balaban J connectivity index is 1.65. The van der Waals surface area contributed by atoms with Crippen LogP contribution in [0.3, 0.4) is 0 Å². The van der Waals surface area contributed by atoms with Gasteiger partial charge in [-0.2, -0.15) is 9.97 Å². The molecule has 12 heteroatoms. The summed E-state index contributed by atoms with van der Waals surface area (Å²) in [5.41, 5.74) is 2.64. The van der Waals surface area contributed by atoms with E-state index in [0.29, 0.717) is 39.7 Å². The highest BCUT2D eigenvalue weighted by molar-refractivity contribution is 7.90. The number of hydrogen-bond donors (Lipinski definition) is 1. The first-order chi connectivity index (χ1) is 17.1. The zero-order valence-electron chi connectivity index (χ0n) is 21.0. The van der Waals surface area contributed by atoms with Crippen molar-refractivity contribution in [2.45, 2.75) is 38.1 Å². The number of esters is 1. The van der Waals surface area contributed by atoms with E-state index >= 15 is 0 Å². The summed E-state index contributed by atoms with van der Waals surface area (Å²) in [5.74, 6) is 1.64. The maximum Gasteiger partial charge on any atom is 0.350 e. The number of carbonyl (C=O) groups excluding carboxylic acids is 1. The normalized spacial score (nSPS) is 13.3. The Labute approximate surface area is 215 Å². The molecule has 0 unspecified atom stereocenters. The van der Waals surface area contributed by atoms with Crippen LogP contribution in [0.5, 0.6) is 0 Å². The summed E-state index contributed by atoms with van der Waals surface area (Å²) >= 11 is 1.21. The van der Waals surface area contributed by atoms with Crippen LogP contribution in [0.25, 0.3) is 0 Å². The van der Waals surface area contributed by atoms with Crippen molar-refractivity contribution in [2.24, 2.45) is 0 Å². The summed E-state index contributed by atoms with van der Waals surface area (Å²) in [6.07, 6.45) is 3.02. The number of carbonyl (C=O) groups is 1. The molecule has 0 spiro atoms. The minimum absolute atomic E-state index is 0.298. The van der Waals surface area contributed by atoms with E-state index in [2.05, 4.69) is 15.2 Å². The molecule has 3 aromatic rings. The van der Waals surface area contributed by atoms with Crippen molar-refractivity contribution in [3.8, 4) is 0 Å². The van der Waals surface area contributed by atoms with Gasteiger partial charge in [0.05, 0.1) is 17.2 Å². The molecule has 0 saturated heterocycles. The maximum absolute atomic E-state index is 12.2. The van der Waals surface area contributed by atoms with Gasteiger partial charge in [0.2, 0.25) is 5.95 Å². The summed E-state index contributed by atoms with van der Waals surface area (Å²) in [4.78, 5) is 31.1. The molecule has 1 aromatic carbocycles. The van der Waals surface area contributed by atoms with Crippen LogP contribution in [-0.4, -0.2) is 62.8 Å². The monoisotopic (exact) mass is 530 g/mol. The summed E-state index contributed by atoms with van der Waals surface area (Å²) < 4.78 is 28.7. The van der Waals surface area contributed by atoms with Crippen LogP contribution >= 0.6 is 11.3 Å². The van der Waals surface area contributed by atoms with Gasteiger partial charge in [-0.25, -0.2) is 18.2 Å². The number of rotatable bonds is 8. The van der Waals surface area contributed by atoms with E-state index in [0.717, 1.165) is 42.1 Å². The number of thiazole rings is 1. The van der Waals surface area contributed by atoms with Crippen LogP contribution in [-0.2, 0) is 27.5 Å². The molecule has 0 fully saturated rings. The second-order valence-corrected chi connectivity index (χ2v) is 11.8. The predicted octanol–water partition coefficient (Wildman–Crippen LogP) is 3.58. The molecule has 0 bridgehead atoms. The first kappa shape index (κ1) is 25.8. The molecule has 1 aliphatic rings. The van der Waals surface area contributed by atoms with E-state index in [4.69, 9.17) is 14.7 Å². The van der Waals surface area contributed by atoms with E-state index in [-0.39, 0.29) is 0 Å². The lowest BCUT2D eigenvalue weighted by atomic mass is 10.0. The van der Waals surface area contributed by atoms with Gasteiger partial charge >= 0.3 is 5.97 Å². The van der Waals surface area contributed by atoms with Gasteiger partial charge in [0.15, 0.2) is 15.0 Å². The fourth-order valence-electron chi connectivity index (χ4n) is 4.07. The lowest BCUT2D eigenvalue weighted by Gasteiger charge is -2.32. The van der Waals surface area contributed by atoms with Crippen molar-refractivity contribution in [1.82, 2.24) is 15.0 Å². The number of nitrogens with zero attached hydrogens (tertiary/aromatic N) is 5. The number of benzene rings is 1. The van der Waals surface area contributed by atoms with Gasteiger partial charge in [0, 0.05) is 39.0 Å². The number of aryl methyl sites for hydroxylation is 1. The molecule has 0 aliphatic carbocycles. The SMILES string of the molecule is CCOC(=O)c1sc(Nc2nc(N(C)C)c3c(n2)N(Cc2ccc(S(C)(=O)=O)cc2)CCC3)nc1C. The smallest absolute Gasteiger partial charge is 0.350 e. The molecule has 0 atom stereocenters. The Kier molecular flexibility index (Phi) is 7.46. The molecule has 4 rings (SSSR count). The molecule has 3 heterocycles. The van der Waals surface area contributed by atoms with Crippen molar-refractivity contribution in [2.75, 3.05) is 48.6 Å². The zero-order valence-corrected chi connectivity index (χ0v) is 22.7. The standard InChI is InChI=1S/C24H30N6O4S2/c1-6-34-22(31)19-15(2)25-24(35-19)28-23-26-20(29(3)4)18-8-7-13-30(21(18)27-23)14-16-9-11-17(12-10-16)36(5,32)33/h9-12H,6-8,13-14H2,1-5H3,(H,25,26,27,28). The summed E-state index contributed by atoms with van der Waals surface area (Å²) in [6.45, 7) is 5.23. The minimum Gasteiger partial charge on any atom is -0.462 e.